The van der Waals surface area contributed by atoms with Gasteiger partial charge < -0.3 is 19.1 Å². The van der Waals surface area contributed by atoms with E-state index >= 15 is 0 Å². The molecule has 158 valence electrons. The molecule has 1 heterocycles. The second-order valence-electron chi connectivity index (χ2n) is 7.10. The minimum Gasteiger partial charge on any atom is -0.497 e. The van der Waals surface area contributed by atoms with E-state index in [9.17, 15) is 0 Å². The molecule has 3 rings (SSSR count). The number of rotatable bonds is 11. The number of methoxy groups -OCH3 is 2. The minimum atomic E-state index is 0.719. The lowest BCUT2D eigenvalue weighted by atomic mass is 10.1. The summed E-state index contributed by atoms with van der Waals surface area (Å²) in [5.74, 6) is 3.44. The van der Waals surface area contributed by atoms with Crippen LogP contribution in [0, 0.1) is 0 Å². The van der Waals surface area contributed by atoms with E-state index in [1.54, 1.807) is 14.2 Å². The molecule has 0 fully saturated rings. The van der Waals surface area contributed by atoms with E-state index in [0.717, 1.165) is 55.6 Å². The first-order valence-corrected chi connectivity index (χ1v) is 10.3. The summed E-state index contributed by atoms with van der Waals surface area (Å²) in [4.78, 5) is 6.87. The van der Waals surface area contributed by atoms with Gasteiger partial charge in [0.25, 0.3) is 0 Å². The van der Waals surface area contributed by atoms with Crippen molar-refractivity contribution in [2.75, 3.05) is 25.7 Å². The van der Waals surface area contributed by atoms with Gasteiger partial charge in [0.05, 0.1) is 20.8 Å². The van der Waals surface area contributed by atoms with Gasteiger partial charge in [-0.15, -0.1) is 0 Å². The summed E-state index contributed by atoms with van der Waals surface area (Å²) in [6, 6.07) is 20.2. The molecule has 0 bridgehead atoms. The quantitative estimate of drug-likeness (QED) is 0.394. The molecular weight excluding hydrogens is 376 g/mol. The first-order valence-electron chi connectivity index (χ1n) is 10.3. The first kappa shape index (κ1) is 21.5. The second kappa shape index (κ2) is 11.1. The number of aromatic nitrogens is 1. The molecule has 5 nitrogen and oxygen atoms in total. The highest BCUT2D eigenvalue weighted by Crippen LogP contribution is 2.24. The molecule has 0 spiro atoms. The third-order valence-corrected chi connectivity index (χ3v) is 4.87. The van der Waals surface area contributed by atoms with Crippen LogP contribution in [0.3, 0.4) is 0 Å². The molecule has 3 aromatic rings. The zero-order valence-corrected chi connectivity index (χ0v) is 18.0. The molecule has 0 atom stereocenters. The van der Waals surface area contributed by atoms with Crippen LogP contribution >= 0.6 is 0 Å². The lowest BCUT2D eigenvalue weighted by molar-refractivity contribution is 0.309. The summed E-state index contributed by atoms with van der Waals surface area (Å²) in [6.07, 6.45) is 3.96. The molecule has 0 amide bonds. The molecule has 0 N–H and O–H groups in total. The third-order valence-electron chi connectivity index (χ3n) is 4.87. The monoisotopic (exact) mass is 406 g/mol. The van der Waals surface area contributed by atoms with E-state index in [0.29, 0.717) is 0 Å². The Bertz CT molecular complexity index is 846. The Kier molecular flexibility index (Phi) is 7.95. The molecule has 0 radical (unpaired) electrons. The highest BCUT2D eigenvalue weighted by molar-refractivity contribution is 5.46. The Morgan fingerprint density at radius 3 is 1.83 bits per heavy atom. The summed E-state index contributed by atoms with van der Waals surface area (Å²) in [5.41, 5.74) is 2.37. The maximum Gasteiger partial charge on any atom is 0.132 e. The van der Waals surface area contributed by atoms with Crippen molar-refractivity contribution in [3.63, 3.8) is 0 Å². The lowest BCUT2D eigenvalue weighted by Crippen LogP contribution is -2.23. The van der Waals surface area contributed by atoms with Gasteiger partial charge in [-0.2, -0.15) is 0 Å². The number of nitrogens with zero attached hydrogens (tertiary/aromatic N) is 2. The Morgan fingerprint density at radius 1 is 0.767 bits per heavy atom. The zero-order chi connectivity index (χ0) is 21.2. The molecular formula is C25H30N2O3. The molecule has 30 heavy (non-hydrogen) atoms. The number of pyridine rings is 1. The third kappa shape index (κ3) is 6.14. The molecule has 0 aliphatic rings. The molecule has 5 heteroatoms. The van der Waals surface area contributed by atoms with Crippen LogP contribution in [0.2, 0.25) is 0 Å². The van der Waals surface area contributed by atoms with E-state index in [1.807, 2.05) is 42.6 Å². The van der Waals surface area contributed by atoms with Crippen molar-refractivity contribution in [3.05, 3.63) is 78.0 Å². The largest absolute Gasteiger partial charge is 0.497 e. The fourth-order valence-corrected chi connectivity index (χ4v) is 3.12. The summed E-state index contributed by atoms with van der Waals surface area (Å²) in [5, 5.41) is 0. The van der Waals surface area contributed by atoms with Crippen molar-refractivity contribution in [2.24, 2.45) is 0 Å². The normalized spacial score (nSPS) is 10.5. The van der Waals surface area contributed by atoms with Gasteiger partial charge in [0.15, 0.2) is 0 Å². The average molecular weight is 407 g/mol. The van der Waals surface area contributed by atoms with Crippen LogP contribution in [0.15, 0.2) is 66.9 Å². The second-order valence-corrected chi connectivity index (χ2v) is 7.10. The summed E-state index contributed by atoms with van der Waals surface area (Å²) in [6.45, 7) is 4.33. The number of benzene rings is 2. The Morgan fingerprint density at radius 2 is 1.33 bits per heavy atom. The van der Waals surface area contributed by atoms with Crippen LogP contribution in [0.1, 0.15) is 30.9 Å². The number of hydrogen-bond donors (Lipinski definition) is 0. The number of hydrogen-bond acceptors (Lipinski definition) is 5. The van der Waals surface area contributed by atoms with Gasteiger partial charge in [-0.05, 0) is 47.9 Å². The van der Waals surface area contributed by atoms with Gasteiger partial charge in [0.1, 0.15) is 23.1 Å². The fraction of sp³-hybridized carbons (Fsp3) is 0.320. The van der Waals surface area contributed by atoms with Gasteiger partial charge in [-0.25, -0.2) is 4.98 Å². The lowest BCUT2D eigenvalue weighted by Gasteiger charge is -2.25. The van der Waals surface area contributed by atoms with Gasteiger partial charge in [-0.3, -0.25) is 0 Å². The van der Waals surface area contributed by atoms with E-state index in [-0.39, 0.29) is 0 Å². The Labute approximate surface area is 179 Å². The fourth-order valence-electron chi connectivity index (χ4n) is 3.12. The van der Waals surface area contributed by atoms with Crippen LogP contribution in [0.4, 0.5) is 5.82 Å². The van der Waals surface area contributed by atoms with Crippen molar-refractivity contribution in [2.45, 2.75) is 32.9 Å². The average Bonchev–Trinajstić information content (AvgIpc) is 2.80. The molecule has 0 aliphatic heterocycles. The Balaban J connectivity index is 1.82. The van der Waals surface area contributed by atoms with Crippen molar-refractivity contribution >= 4 is 5.82 Å². The summed E-state index contributed by atoms with van der Waals surface area (Å²) < 4.78 is 16.5. The maximum atomic E-state index is 5.90. The highest BCUT2D eigenvalue weighted by Gasteiger charge is 2.12. The van der Waals surface area contributed by atoms with Crippen LogP contribution < -0.4 is 19.1 Å². The van der Waals surface area contributed by atoms with Crippen molar-refractivity contribution in [1.82, 2.24) is 4.98 Å². The van der Waals surface area contributed by atoms with Gasteiger partial charge in [0, 0.05) is 25.4 Å². The number of unbranched alkanes of at least 4 members (excludes halogenated alkanes) is 1. The maximum absolute atomic E-state index is 5.90. The van der Waals surface area contributed by atoms with Gasteiger partial charge >= 0.3 is 0 Å². The topological polar surface area (TPSA) is 43.8 Å². The van der Waals surface area contributed by atoms with Crippen LogP contribution in [0.25, 0.3) is 0 Å². The minimum absolute atomic E-state index is 0.719. The van der Waals surface area contributed by atoms with Crippen LogP contribution in [-0.4, -0.2) is 25.8 Å². The predicted octanol–water partition coefficient (Wildman–Crippen LogP) is 5.48. The Hall–Kier alpha value is -3.21. The smallest absolute Gasteiger partial charge is 0.132 e. The van der Waals surface area contributed by atoms with E-state index < -0.39 is 0 Å². The molecule has 2 aromatic carbocycles. The van der Waals surface area contributed by atoms with E-state index in [4.69, 9.17) is 14.2 Å². The van der Waals surface area contributed by atoms with Crippen LogP contribution in [0.5, 0.6) is 17.2 Å². The molecule has 0 saturated carbocycles. The van der Waals surface area contributed by atoms with E-state index in [2.05, 4.69) is 41.1 Å². The highest BCUT2D eigenvalue weighted by atomic mass is 16.5. The zero-order valence-electron chi connectivity index (χ0n) is 18.0. The number of ether oxygens (including phenoxy) is 3. The van der Waals surface area contributed by atoms with Crippen molar-refractivity contribution < 1.29 is 14.2 Å². The standard InChI is InChI=1S/C25H30N2O3/c1-4-5-16-30-24-14-15-26-25(17-24)27(18-20-6-10-22(28-2)11-7-20)19-21-8-12-23(29-3)13-9-21/h6-15,17H,4-5,16,18-19H2,1-3H3. The van der Waals surface area contributed by atoms with Crippen LogP contribution in [-0.2, 0) is 13.1 Å². The van der Waals surface area contributed by atoms with E-state index in [1.165, 1.54) is 11.1 Å². The molecule has 1 aromatic heterocycles. The molecule has 0 aliphatic carbocycles. The summed E-state index contributed by atoms with van der Waals surface area (Å²) >= 11 is 0. The molecule has 0 saturated heterocycles. The summed E-state index contributed by atoms with van der Waals surface area (Å²) in [7, 11) is 3.36. The van der Waals surface area contributed by atoms with Gasteiger partial charge in [-0.1, -0.05) is 37.6 Å². The van der Waals surface area contributed by atoms with Gasteiger partial charge in [0.2, 0.25) is 0 Å². The number of anilines is 1. The van der Waals surface area contributed by atoms with Crippen molar-refractivity contribution in [3.8, 4) is 17.2 Å². The SMILES string of the molecule is CCCCOc1ccnc(N(Cc2ccc(OC)cc2)Cc2ccc(OC)cc2)c1. The predicted molar refractivity (Wildman–Crippen MR) is 121 cm³/mol. The van der Waals surface area contributed by atoms with Crippen molar-refractivity contribution in [1.29, 1.82) is 0 Å². The molecule has 0 unspecified atom stereocenters. The first-order chi connectivity index (χ1) is 14.7.